The lowest BCUT2D eigenvalue weighted by Gasteiger charge is -2.24. The Hall–Kier alpha value is -2.06. The highest BCUT2D eigenvalue weighted by molar-refractivity contribution is 5.79. The normalized spacial score (nSPS) is 27.6. The summed E-state index contributed by atoms with van der Waals surface area (Å²) in [5.74, 6) is 0.790. The van der Waals surface area contributed by atoms with Crippen molar-refractivity contribution >= 4 is 11.6 Å². The van der Waals surface area contributed by atoms with Crippen molar-refractivity contribution in [3.8, 4) is 6.07 Å². The van der Waals surface area contributed by atoms with Crippen LogP contribution < -0.4 is 10.2 Å². The van der Waals surface area contributed by atoms with Gasteiger partial charge in [0.15, 0.2) is 0 Å². The second kappa shape index (κ2) is 7.67. The Labute approximate surface area is 156 Å². The van der Waals surface area contributed by atoms with E-state index in [1.807, 2.05) is 0 Å². The molecule has 3 atom stereocenters. The number of fused-ring (bicyclic) bond motifs is 1. The van der Waals surface area contributed by atoms with E-state index in [1.54, 1.807) is 4.90 Å². The molecule has 138 valence electrons. The highest BCUT2D eigenvalue weighted by Crippen LogP contribution is 2.32. The van der Waals surface area contributed by atoms with Gasteiger partial charge in [0, 0.05) is 31.4 Å². The van der Waals surface area contributed by atoms with Gasteiger partial charge in [0.1, 0.15) is 6.04 Å². The van der Waals surface area contributed by atoms with E-state index in [4.69, 9.17) is 5.26 Å². The number of carbonyl (C=O) groups is 1. The van der Waals surface area contributed by atoms with Gasteiger partial charge in [-0.25, -0.2) is 0 Å². The summed E-state index contributed by atoms with van der Waals surface area (Å²) in [7, 11) is 0. The number of benzene rings is 1. The lowest BCUT2D eigenvalue weighted by molar-refractivity contribution is -0.130. The van der Waals surface area contributed by atoms with Crippen molar-refractivity contribution < 1.29 is 4.79 Å². The van der Waals surface area contributed by atoms with Gasteiger partial charge in [0.05, 0.1) is 12.6 Å². The zero-order valence-corrected chi connectivity index (χ0v) is 15.4. The lowest BCUT2D eigenvalue weighted by Crippen LogP contribution is -2.43. The summed E-state index contributed by atoms with van der Waals surface area (Å²) in [6, 6.07) is 11.2. The maximum absolute atomic E-state index is 12.4. The van der Waals surface area contributed by atoms with Gasteiger partial charge in [0.2, 0.25) is 5.91 Å². The van der Waals surface area contributed by atoms with Crippen LogP contribution in [-0.2, 0) is 11.2 Å². The van der Waals surface area contributed by atoms with Crippen LogP contribution in [0.5, 0.6) is 0 Å². The number of carbonyl (C=O) groups excluding carboxylic acids is 1. The molecule has 2 aliphatic heterocycles. The van der Waals surface area contributed by atoms with E-state index < -0.39 is 0 Å². The minimum atomic E-state index is -0.212. The van der Waals surface area contributed by atoms with Crippen molar-refractivity contribution in [1.29, 1.82) is 5.26 Å². The molecule has 5 nitrogen and oxygen atoms in total. The number of rotatable bonds is 5. The van der Waals surface area contributed by atoms with Crippen molar-refractivity contribution in [3.63, 3.8) is 0 Å². The summed E-state index contributed by atoms with van der Waals surface area (Å²) in [5, 5.41) is 12.6. The van der Waals surface area contributed by atoms with Crippen LogP contribution in [0.1, 0.15) is 37.7 Å². The topological polar surface area (TPSA) is 59.4 Å². The summed E-state index contributed by atoms with van der Waals surface area (Å²) in [5.41, 5.74) is 2.89. The number of para-hydroxylation sites is 1. The van der Waals surface area contributed by atoms with E-state index in [0.29, 0.717) is 18.5 Å². The molecule has 0 spiro atoms. The minimum Gasteiger partial charge on any atom is -0.371 e. The monoisotopic (exact) mass is 352 g/mol. The van der Waals surface area contributed by atoms with Crippen LogP contribution in [0.4, 0.5) is 5.69 Å². The number of nitriles is 1. The number of anilines is 1. The van der Waals surface area contributed by atoms with E-state index in [9.17, 15) is 4.79 Å². The molecule has 26 heavy (non-hydrogen) atoms. The van der Waals surface area contributed by atoms with Gasteiger partial charge in [-0.2, -0.15) is 5.26 Å². The number of likely N-dealkylation sites (tertiary alicyclic amines) is 1. The second-order valence-electron chi connectivity index (χ2n) is 7.96. The molecular formula is C21H28N4O. The first kappa shape index (κ1) is 17.4. The first-order valence-electron chi connectivity index (χ1n) is 10.00. The molecule has 1 saturated carbocycles. The van der Waals surface area contributed by atoms with Crippen LogP contribution in [-0.4, -0.2) is 49.1 Å². The van der Waals surface area contributed by atoms with Gasteiger partial charge < -0.3 is 15.1 Å². The largest absolute Gasteiger partial charge is 0.371 e. The number of amides is 1. The molecule has 2 fully saturated rings. The molecule has 1 aromatic rings. The molecule has 5 heteroatoms. The molecule has 1 aromatic carbocycles. The second-order valence-corrected chi connectivity index (χ2v) is 7.96. The van der Waals surface area contributed by atoms with E-state index in [-0.39, 0.29) is 11.9 Å². The van der Waals surface area contributed by atoms with Gasteiger partial charge in [-0.15, -0.1) is 0 Å². The van der Waals surface area contributed by atoms with Crippen molar-refractivity contribution in [2.45, 2.75) is 50.6 Å². The molecule has 0 unspecified atom stereocenters. The quantitative estimate of drug-likeness (QED) is 0.883. The highest BCUT2D eigenvalue weighted by atomic mass is 16.2. The van der Waals surface area contributed by atoms with Crippen molar-refractivity contribution in [2.24, 2.45) is 5.92 Å². The van der Waals surface area contributed by atoms with Crippen molar-refractivity contribution in [3.05, 3.63) is 29.8 Å². The zero-order chi connectivity index (χ0) is 17.9. The van der Waals surface area contributed by atoms with Crippen LogP contribution in [0.25, 0.3) is 0 Å². The van der Waals surface area contributed by atoms with E-state index in [2.05, 4.69) is 40.6 Å². The number of hydrogen-bond acceptors (Lipinski definition) is 4. The molecule has 0 radical (unpaired) electrons. The van der Waals surface area contributed by atoms with Gasteiger partial charge in [-0.05, 0) is 56.1 Å². The van der Waals surface area contributed by atoms with E-state index >= 15 is 0 Å². The number of hydrogen-bond donors (Lipinski definition) is 1. The zero-order valence-electron chi connectivity index (χ0n) is 15.4. The smallest absolute Gasteiger partial charge is 0.237 e. The Kier molecular flexibility index (Phi) is 5.12. The Balaban J connectivity index is 1.23. The lowest BCUT2D eigenvalue weighted by atomic mass is 10.1. The average molecular weight is 352 g/mol. The van der Waals surface area contributed by atoms with Crippen molar-refractivity contribution in [2.75, 3.05) is 31.1 Å². The van der Waals surface area contributed by atoms with Crippen LogP contribution in [0, 0.1) is 17.2 Å². The predicted molar refractivity (Wildman–Crippen MR) is 102 cm³/mol. The third-order valence-corrected chi connectivity index (χ3v) is 6.27. The maximum atomic E-state index is 12.4. The van der Waals surface area contributed by atoms with Crippen molar-refractivity contribution in [1.82, 2.24) is 10.2 Å². The van der Waals surface area contributed by atoms with Gasteiger partial charge >= 0.3 is 0 Å². The SMILES string of the molecule is N#C[C@@H]1CCCN1C(=O)CN[C@@H]1CC[C@H](CN2CCc3ccccc32)C1. The predicted octanol–water partition coefficient (Wildman–Crippen LogP) is 2.32. The van der Waals surface area contributed by atoms with Crippen LogP contribution >= 0.6 is 0 Å². The first-order valence-corrected chi connectivity index (χ1v) is 10.00. The maximum Gasteiger partial charge on any atom is 0.237 e. The summed E-state index contributed by atoms with van der Waals surface area (Å²) >= 11 is 0. The van der Waals surface area contributed by atoms with E-state index in [1.165, 1.54) is 17.7 Å². The Morgan fingerprint density at radius 2 is 2.12 bits per heavy atom. The Morgan fingerprint density at radius 1 is 1.23 bits per heavy atom. The molecule has 1 N–H and O–H groups in total. The van der Waals surface area contributed by atoms with Crippen LogP contribution in [0.3, 0.4) is 0 Å². The molecule has 2 heterocycles. The third kappa shape index (κ3) is 3.57. The molecule has 3 aliphatic rings. The fourth-order valence-corrected chi connectivity index (χ4v) is 4.87. The molecule has 1 aliphatic carbocycles. The highest BCUT2D eigenvalue weighted by Gasteiger charge is 2.31. The standard InChI is InChI=1S/C21H28N4O/c22-13-19-5-3-10-25(19)21(26)14-23-18-8-7-16(12-18)15-24-11-9-17-4-1-2-6-20(17)24/h1-2,4,6,16,18-19,23H,3,5,7-12,14-15H2/t16-,18+,19-/m0/s1. The van der Waals surface area contributed by atoms with Gasteiger partial charge in [0.25, 0.3) is 0 Å². The molecule has 4 rings (SSSR count). The Morgan fingerprint density at radius 3 is 3.00 bits per heavy atom. The van der Waals surface area contributed by atoms with Crippen LogP contribution in [0.15, 0.2) is 24.3 Å². The average Bonchev–Trinajstić information content (AvgIpc) is 3.40. The number of nitrogens with zero attached hydrogens (tertiary/aromatic N) is 3. The fraction of sp³-hybridized carbons (Fsp3) is 0.619. The van der Waals surface area contributed by atoms with Gasteiger partial charge in [-0.3, -0.25) is 4.79 Å². The summed E-state index contributed by atoms with van der Waals surface area (Å²) in [6.45, 7) is 3.38. The molecule has 0 aromatic heterocycles. The third-order valence-electron chi connectivity index (χ3n) is 6.27. The van der Waals surface area contributed by atoms with Crippen LogP contribution in [0.2, 0.25) is 0 Å². The Bertz CT molecular complexity index is 697. The molecule has 1 saturated heterocycles. The van der Waals surface area contributed by atoms with Gasteiger partial charge in [-0.1, -0.05) is 18.2 Å². The van der Waals surface area contributed by atoms with E-state index in [0.717, 1.165) is 51.7 Å². The molecule has 1 amide bonds. The fourth-order valence-electron chi connectivity index (χ4n) is 4.87. The molecule has 0 bridgehead atoms. The summed E-state index contributed by atoms with van der Waals surface area (Å²) in [6.07, 6.45) is 6.46. The number of nitrogens with one attached hydrogen (secondary N) is 1. The first-order chi connectivity index (χ1) is 12.7. The minimum absolute atomic E-state index is 0.0889. The molecular weight excluding hydrogens is 324 g/mol. The summed E-state index contributed by atoms with van der Waals surface area (Å²) < 4.78 is 0. The summed E-state index contributed by atoms with van der Waals surface area (Å²) in [4.78, 5) is 16.7.